The van der Waals surface area contributed by atoms with E-state index in [-0.39, 0.29) is 6.10 Å². The summed E-state index contributed by atoms with van der Waals surface area (Å²) in [5.41, 5.74) is 0. The van der Waals surface area contributed by atoms with Gasteiger partial charge in [0.2, 0.25) is 5.95 Å². The van der Waals surface area contributed by atoms with Gasteiger partial charge in [0.05, 0.1) is 6.10 Å². The van der Waals surface area contributed by atoms with Gasteiger partial charge in [-0.05, 0) is 47.9 Å². The predicted octanol–water partition coefficient (Wildman–Crippen LogP) is 2.64. The smallest absolute Gasteiger partial charge is 0.215 e. The van der Waals surface area contributed by atoms with Crippen LogP contribution in [0, 0.1) is 15.4 Å². The number of halogens is 2. The third kappa shape index (κ3) is 5.07. The molecule has 0 aliphatic heterocycles. The second-order valence-electron chi connectivity index (χ2n) is 4.06. The number of hydrogen-bond acceptors (Lipinski definition) is 3. The van der Waals surface area contributed by atoms with Crippen LogP contribution >= 0.6 is 22.6 Å². The molecule has 0 aliphatic carbocycles. The van der Waals surface area contributed by atoms with E-state index in [9.17, 15) is 9.50 Å². The molecule has 0 aliphatic rings. The third-order valence-corrected chi connectivity index (χ3v) is 2.76. The molecule has 0 saturated carbocycles. The highest BCUT2D eigenvalue weighted by atomic mass is 127. The Morgan fingerprint density at radius 1 is 1.50 bits per heavy atom. The molecule has 0 spiro atoms. The Labute approximate surface area is 109 Å². The molecule has 2 unspecified atom stereocenters. The Morgan fingerprint density at radius 3 is 2.75 bits per heavy atom. The number of aromatic nitrogens is 1. The lowest BCUT2D eigenvalue weighted by molar-refractivity contribution is 0.166. The second kappa shape index (κ2) is 6.34. The first-order chi connectivity index (χ1) is 7.47. The van der Waals surface area contributed by atoms with E-state index in [1.807, 2.05) is 29.5 Å². The van der Waals surface area contributed by atoms with Crippen molar-refractivity contribution in [2.75, 3.05) is 11.9 Å². The minimum atomic E-state index is -0.474. The van der Waals surface area contributed by atoms with Crippen molar-refractivity contribution >= 4 is 28.4 Å². The first-order valence-corrected chi connectivity index (χ1v) is 6.30. The van der Waals surface area contributed by atoms with E-state index in [0.717, 1.165) is 9.99 Å². The quantitative estimate of drug-likeness (QED) is 0.641. The normalized spacial score (nSPS) is 14.6. The largest absolute Gasteiger partial charge is 0.393 e. The molecule has 0 radical (unpaired) electrons. The minimum Gasteiger partial charge on any atom is -0.393 e. The first kappa shape index (κ1) is 13.6. The summed E-state index contributed by atoms with van der Waals surface area (Å²) in [5, 5.41) is 12.3. The summed E-state index contributed by atoms with van der Waals surface area (Å²) < 4.78 is 13.8. The average molecular weight is 338 g/mol. The fourth-order valence-corrected chi connectivity index (χ4v) is 2.05. The summed E-state index contributed by atoms with van der Waals surface area (Å²) in [6.07, 6.45) is 0.414. The van der Waals surface area contributed by atoms with E-state index in [0.29, 0.717) is 18.3 Å². The summed E-state index contributed by atoms with van der Waals surface area (Å²) in [7, 11) is 0. The molecule has 1 heterocycles. The molecular formula is C11H16FIN2O. The Bertz CT molecular complexity index is 327. The standard InChI is InChI=1S/C11H16FIN2O/c1-7(3-8(2)16)6-14-11-5-9(13)4-10(12)15-11/h4-5,7-8,16H,3,6H2,1-2H3,(H,14,15). The fraction of sp³-hybridized carbons (Fsp3) is 0.545. The van der Waals surface area contributed by atoms with Crippen LogP contribution in [-0.2, 0) is 0 Å². The number of aliphatic hydroxyl groups excluding tert-OH is 1. The van der Waals surface area contributed by atoms with Gasteiger partial charge in [-0.2, -0.15) is 4.39 Å². The highest BCUT2D eigenvalue weighted by Gasteiger charge is 2.07. The lowest BCUT2D eigenvalue weighted by Crippen LogP contribution is -2.17. The van der Waals surface area contributed by atoms with Crippen LogP contribution in [0.25, 0.3) is 0 Å². The maximum absolute atomic E-state index is 13.0. The zero-order chi connectivity index (χ0) is 12.1. The number of rotatable bonds is 5. The summed E-state index contributed by atoms with van der Waals surface area (Å²) in [4.78, 5) is 3.74. The van der Waals surface area contributed by atoms with Gasteiger partial charge in [0.1, 0.15) is 5.82 Å². The van der Waals surface area contributed by atoms with Crippen molar-refractivity contribution in [2.45, 2.75) is 26.4 Å². The molecule has 0 amide bonds. The van der Waals surface area contributed by atoms with Gasteiger partial charge < -0.3 is 10.4 Å². The van der Waals surface area contributed by atoms with Gasteiger partial charge in [0.15, 0.2) is 0 Å². The number of anilines is 1. The van der Waals surface area contributed by atoms with Gasteiger partial charge in [-0.1, -0.05) is 6.92 Å². The average Bonchev–Trinajstić information content (AvgIpc) is 2.12. The zero-order valence-corrected chi connectivity index (χ0v) is 11.5. The van der Waals surface area contributed by atoms with Crippen LogP contribution in [0.3, 0.4) is 0 Å². The molecule has 0 fully saturated rings. The topological polar surface area (TPSA) is 45.1 Å². The zero-order valence-electron chi connectivity index (χ0n) is 9.37. The lowest BCUT2D eigenvalue weighted by atomic mass is 10.1. The van der Waals surface area contributed by atoms with Crippen LogP contribution in [0.5, 0.6) is 0 Å². The van der Waals surface area contributed by atoms with Gasteiger partial charge in [-0.25, -0.2) is 4.98 Å². The fourth-order valence-electron chi connectivity index (χ4n) is 1.50. The maximum Gasteiger partial charge on any atom is 0.215 e. The van der Waals surface area contributed by atoms with Gasteiger partial charge in [0.25, 0.3) is 0 Å². The number of aliphatic hydroxyl groups is 1. The second-order valence-corrected chi connectivity index (χ2v) is 5.31. The van der Waals surface area contributed by atoms with E-state index in [1.54, 1.807) is 13.0 Å². The number of pyridine rings is 1. The van der Waals surface area contributed by atoms with Crippen LogP contribution in [0.4, 0.5) is 10.2 Å². The Morgan fingerprint density at radius 2 is 2.19 bits per heavy atom. The van der Waals surface area contributed by atoms with E-state index < -0.39 is 5.95 Å². The van der Waals surface area contributed by atoms with E-state index in [4.69, 9.17) is 0 Å². The minimum absolute atomic E-state index is 0.308. The summed E-state index contributed by atoms with van der Waals surface area (Å²) >= 11 is 2.05. The molecule has 0 bridgehead atoms. The highest BCUT2D eigenvalue weighted by molar-refractivity contribution is 14.1. The van der Waals surface area contributed by atoms with Gasteiger partial charge in [-0.15, -0.1) is 0 Å². The maximum atomic E-state index is 13.0. The highest BCUT2D eigenvalue weighted by Crippen LogP contribution is 2.13. The summed E-state index contributed by atoms with van der Waals surface area (Å²) in [6.45, 7) is 4.47. The van der Waals surface area contributed by atoms with Gasteiger partial charge >= 0.3 is 0 Å². The molecule has 3 nitrogen and oxygen atoms in total. The number of hydrogen-bond donors (Lipinski definition) is 2. The van der Waals surface area contributed by atoms with E-state index in [2.05, 4.69) is 10.3 Å². The number of nitrogens with zero attached hydrogens (tertiary/aromatic N) is 1. The van der Waals surface area contributed by atoms with Crippen LogP contribution < -0.4 is 5.32 Å². The van der Waals surface area contributed by atoms with Crippen LogP contribution in [0.15, 0.2) is 12.1 Å². The molecule has 90 valence electrons. The SMILES string of the molecule is CC(O)CC(C)CNc1cc(I)cc(F)n1. The Hall–Kier alpha value is -0.430. The van der Waals surface area contributed by atoms with Crippen LogP contribution in [0.2, 0.25) is 0 Å². The molecule has 0 saturated heterocycles. The van der Waals surface area contributed by atoms with E-state index >= 15 is 0 Å². The van der Waals surface area contributed by atoms with Crippen LogP contribution in [-0.4, -0.2) is 22.7 Å². The van der Waals surface area contributed by atoms with Crippen molar-refractivity contribution in [1.82, 2.24) is 4.98 Å². The van der Waals surface area contributed by atoms with E-state index in [1.165, 1.54) is 6.07 Å². The molecule has 1 rings (SSSR count). The van der Waals surface area contributed by atoms with Crippen molar-refractivity contribution in [3.05, 3.63) is 21.7 Å². The molecule has 1 aromatic heterocycles. The third-order valence-electron chi connectivity index (χ3n) is 2.13. The number of nitrogens with one attached hydrogen (secondary N) is 1. The van der Waals surface area contributed by atoms with Crippen molar-refractivity contribution in [3.8, 4) is 0 Å². The van der Waals surface area contributed by atoms with Gasteiger partial charge in [0, 0.05) is 16.2 Å². The lowest BCUT2D eigenvalue weighted by Gasteiger charge is -2.14. The molecule has 2 N–H and O–H groups in total. The molecule has 0 aromatic carbocycles. The van der Waals surface area contributed by atoms with Crippen molar-refractivity contribution in [2.24, 2.45) is 5.92 Å². The molecular weight excluding hydrogens is 322 g/mol. The molecule has 2 atom stereocenters. The first-order valence-electron chi connectivity index (χ1n) is 5.22. The van der Waals surface area contributed by atoms with Gasteiger partial charge in [-0.3, -0.25) is 0 Å². The Kier molecular flexibility index (Phi) is 5.40. The van der Waals surface area contributed by atoms with Crippen molar-refractivity contribution < 1.29 is 9.50 Å². The monoisotopic (exact) mass is 338 g/mol. The Balaban J connectivity index is 2.48. The summed E-state index contributed by atoms with van der Waals surface area (Å²) in [5.74, 6) is 0.391. The van der Waals surface area contributed by atoms with Crippen molar-refractivity contribution in [3.63, 3.8) is 0 Å². The van der Waals surface area contributed by atoms with Crippen LogP contribution in [0.1, 0.15) is 20.3 Å². The summed E-state index contributed by atoms with van der Waals surface area (Å²) in [6, 6.07) is 3.17. The predicted molar refractivity (Wildman–Crippen MR) is 70.9 cm³/mol. The van der Waals surface area contributed by atoms with Crippen molar-refractivity contribution in [1.29, 1.82) is 0 Å². The molecule has 5 heteroatoms. The molecule has 16 heavy (non-hydrogen) atoms. The molecule has 1 aromatic rings.